The van der Waals surface area contributed by atoms with Crippen molar-refractivity contribution in [3.63, 3.8) is 0 Å². The summed E-state index contributed by atoms with van der Waals surface area (Å²) >= 11 is 13.5. The zero-order valence-electron chi connectivity index (χ0n) is 19.0. The molecule has 0 spiro atoms. The van der Waals surface area contributed by atoms with Gasteiger partial charge in [0.15, 0.2) is 0 Å². The van der Waals surface area contributed by atoms with Crippen LogP contribution in [0.15, 0.2) is 72.8 Å². The Kier molecular flexibility index (Phi) is 8.37. The number of methoxy groups -OCH3 is 1. The van der Waals surface area contributed by atoms with Crippen molar-refractivity contribution in [3.8, 4) is 16.3 Å². The van der Waals surface area contributed by atoms with Gasteiger partial charge >= 0.3 is 6.03 Å². The Labute approximate surface area is 221 Å². The third kappa shape index (κ3) is 6.51. The van der Waals surface area contributed by atoms with Crippen LogP contribution in [0, 0.1) is 0 Å². The fourth-order valence-corrected chi connectivity index (χ4v) is 4.54. The van der Waals surface area contributed by atoms with Crippen molar-refractivity contribution in [2.75, 3.05) is 17.7 Å². The van der Waals surface area contributed by atoms with E-state index < -0.39 is 18.0 Å². The lowest BCUT2D eigenvalue weighted by molar-refractivity contribution is -0.117. The van der Waals surface area contributed by atoms with E-state index in [1.807, 2.05) is 54.6 Å². The highest BCUT2D eigenvalue weighted by Crippen LogP contribution is 2.30. The van der Waals surface area contributed by atoms with E-state index in [4.69, 9.17) is 27.9 Å². The maximum atomic E-state index is 13.2. The third-order valence-electron chi connectivity index (χ3n) is 5.10. The molecule has 4 rings (SSSR count). The van der Waals surface area contributed by atoms with Crippen LogP contribution in [0.4, 0.5) is 15.6 Å². The topological polar surface area (TPSA) is 105 Å². The molecular weight excluding hydrogens is 521 g/mol. The Morgan fingerprint density at radius 1 is 0.917 bits per heavy atom. The molecule has 0 aliphatic carbocycles. The lowest BCUT2D eigenvalue weighted by Gasteiger charge is -2.19. The van der Waals surface area contributed by atoms with Crippen LogP contribution >= 0.6 is 34.5 Å². The number of nitrogens with zero attached hydrogens (tertiary/aromatic N) is 2. The van der Waals surface area contributed by atoms with E-state index in [0.29, 0.717) is 10.1 Å². The Balaban J connectivity index is 1.48. The number of carbonyl (C=O) groups is 2. The molecular formula is C25H21Cl2N5O3S. The van der Waals surface area contributed by atoms with E-state index in [-0.39, 0.29) is 22.2 Å². The van der Waals surface area contributed by atoms with E-state index >= 15 is 0 Å². The first-order valence-electron chi connectivity index (χ1n) is 10.8. The van der Waals surface area contributed by atoms with E-state index in [9.17, 15) is 9.59 Å². The first kappa shape index (κ1) is 25.4. The summed E-state index contributed by atoms with van der Waals surface area (Å²) in [5, 5.41) is 17.8. The maximum absolute atomic E-state index is 13.2. The summed E-state index contributed by atoms with van der Waals surface area (Å²) in [6.45, 7) is 0. The molecule has 4 aromatic rings. The van der Waals surface area contributed by atoms with Gasteiger partial charge in [0, 0.05) is 12.0 Å². The molecule has 184 valence electrons. The van der Waals surface area contributed by atoms with Crippen molar-refractivity contribution >= 4 is 57.3 Å². The monoisotopic (exact) mass is 541 g/mol. The maximum Gasteiger partial charge on any atom is 0.319 e. The molecule has 3 amide bonds. The fourth-order valence-electron chi connectivity index (χ4n) is 3.30. The normalized spacial score (nSPS) is 11.4. The smallest absolute Gasteiger partial charge is 0.319 e. The number of carbonyl (C=O) groups excluding carboxylic acids is 2. The van der Waals surface area contributed by atoms with Crippen molar-refractivity contribution < 1.29 is 14.3 Å². The molecule has 0 aliphatic heterocycles. The molecule has 36 heavy (non-hydrogen) atoms. The number of amides is 3. The third-order valence-corrected chi connectivity index (χ3v) is 6.62. The minimum absolute atomic E-state index is 0.250. The highest BCUT2D eigenvalue weighted by Gasteiger charge is 2.23. The standard InChI is InChI=1S/C25H21Cl2N5O3S/c1-35-17-12-10-16(11-13-17)23-31-32-25(36-23)30-22(33)20(14-15-6-3-2-4-7-15)28-24(34)29-21-18(26)8-5-9-19(21)27/h2-13,20H,14H2,1H3,(H2,28,29,34)(H,30,32,33). The van der Waals surface area contributed by atoms with Crippen molar-refractivity contribution in [2.45, 2.75) is 12.5 Å². The summed E-state index contributed by atoms with van der Waals surface area (Å²) in [5.74, 6) is 0.277. The summed E-state index contributed by atoms with van der Waals surface area (Å²) in [5.41, 5.74) is 1.96. The number of nitrogens with one attached hydrogen (secondary N) is 3. The summed E-state index contributed by atoms with van der Waals surface area (Å²) < 4.78 is 5.18. The number of rotatable bonds is 8. The van der Waals surface area contributed by atoms with Gasteiger partial charge in [-0.1, -0.05) is 70.9 Å². The Bertz CT molecular complexity index is 1330. The van der Waals surface area contributed by atoms with E-state index in [2.05, 4.69) is 26.1 Å². The molecule has 0 fully saturated rings. The van der Waals surface area contributed by atoms with Gasteiger partial charge in [-0.2, -0.15) is 0 Å². The predicted octanol–water partition coefficient (Wildman–Crippen LogP) is 5.89. The summed E-state index contributed by atoms with van der Waals surface area (Å²) in [6.07, 6.45) is 0.250. The molecule has 8 nitrogen and oxygen atoms in total. The number of ether oxygens (including phenoxy) is 1. The van der Waals surface area contributed by atoms with Crippen LogP contribution in [-0.2, 0) is 11.2 Å². The average molecular weight is 542 g/mol. The number of benzene rings is 3. The second-order valence-corrected chi connectivity index (χ2v) is 9.36. The lowest BCUT2D eigenvalue weighted by Crippen LogP contribution is -2.47. The molecule has 0 saturated heterocycles. The number of hydrogen-bond donors (Lipinski definition) is 3. The first-order valence-corrected chi connectivity index (χ1v) is 12.3. The molecule has 0 bridgehead atoms. The first-order chi connectivity index (χ1) is 17.4. The van der Waals surface area contributed by atoms with Gasteiger partial charge in [-0.25, -0.2) is 4.79 Å². The fraction of sp³-hybridized carbons (Fsp3) is 0.120. The largest absolute Gasteiger partial charge is 0.497 e. The minimum atomic E-state index is -0.915. The predicted molar refractivity (Wildman–Crippen MR) is 143 cm³/mol. The highest BCUT2D eigenvalue weighted by molar-refractivity contribution is 7.18. The van der Waals surface area contributed by atoms with Crippen molar-refractivity contribution in [2.24, 2.45) is 0 Å². The van der Waals surface area contributed by atoms with Gasteiger partial charge in [0.25, 0.3) is 0 Å². The number of anilines is 2. The molecule has 1 unspecified atom stereocenters. The number of hydrogen-bond acceptors (Lipinski definition) is 6. The van der Waals surface area contributed by atoms with Crippen molar-refractivity contribution in [3.05, 3.63) is 88.4 Å². The number of aromatic nitrogens is 2. The molecule has 3 aromatic carbocycles. The summed E-state index contributed by atoms with van der Waals surface area (Å²) in [7, 11) is 1.59. The van der Waals surface area contributed by atoms with Crippen LogP contribution in [0.5, 0.6) is 5.75 Å². The lowest BCUT2D eigenvalue weighted by atomic mass is 10.1. The number of urea groups is 1. The van der Waals surface area contributed by atoms with Gasteiger partial charge < -0.3 is 15.4 Å². The molecule has 0 aliphatic rings. The zero-order valence-corrected chi connectivity index (χ0v) is 21.3. The average Bonchev–Trinajstić information content (AvgIpc) is 3.35. The van der Waals surface area contributed by atoms with Crippen LogP contribution in [0.1, 0.15) is 5.56 Å². The number of para-hydroxylation sites is 1. The number of halogens is 2. The molecule has 1 aromatic heterocycles. The Morgan fingerprint density at radius 3 is 2.28 bits per heavy atom. The van der Waals surface area contributed by atoms with Gasteiger partial charge in [0.2, 0.25) is 11.0 Å². The summed E-state index contributed by atoms with van der Waals surface area (Å²) in [6, 6.07) is 20.0. The van der Waals surface area contributed by atoms with Crippen molar-refractivity contribution in [1.29, 1.82) is 0 Å². The molecule has 1 heterocycles. The van der Waals surface area contributed by atoms with Gasteiger partial charge in [0.1, 0.15) is 16.8 Å². The van der Waals surface area contributed by atoms with Crippen LogP contribution in [0.2, 0.25) is 10.0 Å². The molecule has 3 N–H and O–H groups in total. The van der Waals surface area contributed by atoms with Crippen LogP contribution in [0.3, 0.4) is 0 Å². The second-order valence-electron chi connectivity index (χ2n) is 7.57. The van der Waals surface area contributed by atoms with Gasteiger partial charge in [0.05, 0.1) is 22.8 Å². The zero-order chi connectivity index (χ0) is 25.5. The van der Waals surface area contributed by atoms with Crippen molar-refractivity contribution in [1.82, 2.24) is 15.5 Å². The summed E-state index contributed by atoms with van der Waals surface area (Å²) in [4.78, 5) is 25.9. The molecule has 0 radical (unpaired) electrons. The van der Waals surface area contributed by atoms with Gasteiger partial charge in [-0.3, -0.25) is 10.1 Å². The molecule has 0 saturated carbocycles. The van der Waals surface area contributed by atoms with Gasteiger partial charge in [-0.05, 0) is 42.0 Å². The Morgan fingerprint density at radius 2 is 1.61 bits per heavy atom. The van der Waals surface area contributed by atoms with Crippen LogP contribution < -0.4 is 20.7 Å². The minimum Gasteiger partial charge on any atom is -0.497 e. The molecule has 11 heteroatoms. The van der Waals surface area contributed by atoms with Crippen LogP contribution in [0.25, 0.3) is 10.6 Å². The SMILES string of the molecule is COc1ccc(-c2nnc(NC(=O)C(Cc3ccccc3)NC(=O)Nc3c(Cl)cccc3Cl)s2)cc1. The van der Waals surface area contributed by atoms with E-state index in [1.54, 1.807) is 25.3 Å². The van der Waals surface area contributed by atoms with E-state index in [1.165, 1.54) is 11.3 Å². The van der Waals surface area contributed by atoms with E-state index in [0.717, 1.165) is 16.9 Å². The highest BCUT2D eigenvalue weighted by atomic mass is 35.5. The van der Waals surface area contributed by atoms with Gasteiger partial charge in [-0.15, -0.1) is 10.2 Å². The molecule has 1 atom stereocenters. The quantitative estimate of drug-likeness (QED) is 0.258. The Hall–Kier alpha value is -3.66. The van der Waals surface area contributed by atoms with Crippen LogP contribution in [-0.4, -0.2) is 35.3 Å². The second kappa shape index (κ2) is 11.9.